The predicted molar refractivity (Wildman–Crippen MR) is 60.1 cm³/mol. The molecule has 0 saturated carbocycles. The Morgan fingerprint density at radius 2 is 1.88 bits per heavy atom. The van der Waals surface area contributed by atoms with Gasteiger partial charge in [0.2, 0.25) is 5.91 Å². The molecule has 0 aliphatic carbocycles. The number of likely N-dealkylation sites (N-methyl/N-ethyl adjacent to an activating group) is 1. The van der Waals surface area contributed by atoms with E-state index in [0.717, 1.165) is 0 Å². The number of nitrogens with one attached hydrogen (secondary N) is 1. The minimum absolute atomic E-state index is 0.0509. The zero-order valence-electron chi connectivity index (χ0n) is 10.1. The van der Waals surface area contributed by atoms with E-state index in [1.165, 1.54) is 0 Å². The second kappa shape index (κ2) is 4.82. The average Bonchev–Trinajstić information content (AvgIpc) is 2.28. The molecule has 0 spiro atoms. The molecule has 0 aromatic heterocycles. The van der Waals surface area contributed by atoms with Gasteiger partial charge in [0.25, 0.3) is 0 Å². The molecule has 1 amide bonds. The van der Waals surface area contributed by atoms with E-state index in [4.69, 9.17) is 5.11 Å². The molecule has 1 heterocycles. The Kier molecular flexibility index (Phi) is 3.91. The number of carboxylic acid groups (broad SMARTS) is 1. The largest absolute Gasteiger partial charge is 0.481 e. The van der Waals surface area contributed by atoms with E-state index < -0.39 is 11.4 Å². The third-order valence-electron chi connectivity index (χ3n) is 3.50. The number of aliphatic carboxylic acids is 1. The summed E-state index contributed by atoms with van der Waals surface area (Å²) in [6.07, 6.45) is 1.06. The third-order valence-corrected chi connectivity index (χ3v) is 3.50. The molecule has 0 aromatic carbocycles. The zero-order valence-corrected chi connectivity index (χ0v) is 10.1. The second-order valence-corrected chi connectivity index (χ2v) is 4.70. The van der Waals surface area contributed by atoms with Gasteiger partial charge in [-0.05, 0) is 33.7 Å². The van der Waals surface area contributed by atoms with Gasteiger partial charge in [0, 0.05) is 13.1 Å². The lowest BCUT2D eigenvalue weighted by Crippen LogP contribution is -2.50. The smallest absolute Gasteiger partial charge is 0.309 e. The molecule has 1 aliphatic heterocycles. The summed E-state index contributed by atoms with van der Waals surface area (Å²) in [6, 6.07) is -0.200. The van der Waals surface area contributed by atoms with Gasteiger partial charge in [-0.1, -0.05) is 0 Å². The molecule has 92 valence electrons. The predicted octanol–water partition coefficient (Wildman–Crippen LogP) is 0.308. The van der Waals surface area contributed by atoms with Crippen molar-refractivity contribution < 1.29 is 14.7 Å². The molecule has 1 saturated heterocycles. The van der Waals surface area contributed by atoms with Gasteiger partial charge < -0.3 is 15.3 Å². The van der Waals surface area contributed by atoms with E-state index >= 15 is 0 Å². The summed E-state index contributed by atoms with van der Waals surface area (Å²) < 4.78 is 0. The van der Waals surface area contributed by atoms with E-state index in [0.29, 0.717) is 25.9 Å². The summed E-state index contributed by atoms with van der Waals surface area (Å²) in [7, 11) is 1.74. The van der Waals surface area contributed by atoms with Crippen LogP contribution in [0.25, 0.3) is 0 Å². The Bertz CT molecular complexity index is 283. The normalized spacial score (nSPS) is 21.6. The van der Waals surface area contributed by atoms with Crippen LogP contribution >= 0.6 is 0 Å². The Morgan fingerprint density at radius 3 is 2.25 bits per heavy atom. The molecule has 1 fully saturated rings. The highest BCUT2D eigenvalue weighted by molar-refractivity contribution is 5.82. The van der Waals surface area contributed by atoms with Crippen LogP contribution in [0.15, 0.2) is 0 Å². The first-order valence-electron chi connectivity index (χ1n) is 5.60. The van der Waals surface area contributed by atoms with Crippen molar-refractivity contribution in [3.63, 3.8) is 0 Å². The number of carbonyl (C=O) groups excluding carboxylic acids is 1. The fraction of sp³-hybridized carbons (Fsp3) is 0.818. The summed E-state index contributed by atoms with van der Waals surface area (Å²) in [6.45, 7) is 4.63. The molecule has 1 rings (SSSR count). The Balaban J connectivity index is 2.55. The maximum Gasteiger partial charge on any atom is 0.309 e. The van der Waals surface area contributed by atoms with Gasteiger partial charge in [-0.25, -0.2) is 0 Å². The van der Waals surface area contributed by atoms with Gasteiger partial charge in [0.05, 0.1) is 11.5 Å². The SMILES string of the molecule is CNC(C)C(=O)N1CCC(C)(C(=O)O)CC1. The summed E-state index contributed by atoms with van der Waals surface area (Å²) in [5, 5.41) is 12.0. The van der Waals surface area contributed by atoms with Crippen molar-refractivity contribution >= 4 is 11.9 Å². The highest BCUT2D eigenvalue weighted by atomic mass is 16.4. The maximum atomic E-state index is 11.8. The van der Waals surface area contributed by atoms with Crippen molar-refractivity contribution in [2.75, 3.05) is 20.1 Å². The number of hydrogen-bond acceptors (Lipinski definition) is 3. The summed E-state index contributed by atoms with van der Waals surface area (Å²) in [4.78, 5) is 24.6. The molecule has 0 aromatic rings. The van der Waals surface area contributed by atoms with Crippen LogP contribution in [0.5, 0.6) is 0 Å². The van der Waals surface area contributed by atoms with Crippen LogP contribution in [0.2, 0.25) is 0 Å². The van der Waals surface area contributed by atoms with E-state index in [9.17, 15) is 9.59 Å². The maximum absolute atomic E-state index is 11.8. The lowest BCUT2D eigenvalue weighted by atomic mass is 9.80. The minimum atomic E-state index is -0.763. The topological polar surface area (TPSA) is 69.6 Å². The standard InChI is InChI=1S/C11H20N2O3/c1-8(12-3)9(14)13-6-4-11(2,5-7-13)10(15)16/h8,12H,4-7H2,1-3H3,(H,15,16). The lowest BCUT2D eigenvalue weighted by Gasteiger charge is -2.37. The minimum Gasteiger partial charge on any atom is -0.481 e. The van der Waals surface area contributed by atoms with E-state index in [2.05, 4.69) is 5.32 Å². The van der Waals surface area contributed by atoms with Crippen LogP contribution in [-0.4, -0.2) is 48.1 Å². The van der Waals surface area contributed by atoms with Crippen LogP contribution in [-0.2, 0) is 9.59 Å². The van der Waals surface area contributed by atoms with Crippen molar-refractivity contribution in [1.29, 1.82) is 0 Å². The van der Waals surface area contributed by atoms with Crippen LogP contribution in [0.1, 0.15) is 26.7 Å². The first kappa shape index (κ1) is 13.0. The number of carbonyl (C=O) groups is 2. The number of carboxylic acids is 1. The van der Waals surface area contributed by atoms with Crippen molar-refractivity contribution in [2.45, 2.75) is 32.7 Å². The molecule has 5 heteroatoms. The van der Waals surface area contributed by atoms with Crippen LogP contribution < -0.4 is 5.32 Å². The van der Waals surface area contributed by atoms with Gasteiger partial charge >= 0.3 is 5.97 Å². The quantitative estimate of drug-likeness (QED) is 0.729. The Morgan fingerprint density at radius 1 is 1.38 bits per heavy atom. The summed E-state index contributed by atoms with van der Waals surface area (Å²) in [5.74, 6) is -0.712. The van der Waals surface area contributed by atoms with Crippen LogP contribution in [0.3, 0.4) is 0 Å². The van der Waals surface area contributed by atoms with E-state index in [1.54, 1.807) is 18.9 Å². The average molecular weight is 228 g/mol. The van der Waals surface area contributed by atoms with Gasteiger partial charge in [0.1, 0.15) is 0 Å². The lowest BCUT2D eigenvalue weighted by molar-refractivity contribution is -0.153. The van der Waals surface area contributed by atoms with E-state index in [1.807, 2.05) is 6.92 Å². The second-order valence-electron chi connectivity index (χ2n) is 4.70. The van der Waals surface area contributed by atoms with Crippen molar-refractivity contribution in [3.05, 3.63) is 0 Å². The molecule has 2 N–H and O–H groups in total. The van der Waals surface area contributed by atoms with Crippen molar-refractivity contribution in [1.82, 2.24) is 10.2 Å². The molecule has 0 bridgehead atoms. The molecule has 0 radical (unpaired) electrons. The number of hydrogen-bond donors (Lipinski definition) is 2. The molecule has 1 unspecified atom stereocenters. The van der Waals surface area contributed by atoms with Gasteiger partial charge in [-0.3, -0.25) is 9.59 Å². The highest BCUT2D eigenvalue weighted by Crippen LogP contribution is 2.31. The third kappa shape index (κ3) is 2.52. The van der Waals surface area contributed by atoms with Gasteiger partial charge in [0.15, 0.2) is 0 Å². The van der Waals surface area contributed by atoms with Crippen molar-refractivity contribution in [2.24, 2.45) is 5.41 Å². The number of nitrogens with zero attached hydrogens (tertiary/aromatic N) is 1. The zero-order chi connectivity index (χ0) is 12.3. The number of piperidine rings is 1. The summed E-state index contributed by atoms with van der Waals surface area (Å²) in [5.41, 5.74) is -0.667. The Labute approximate surface area is 95.8 Å². The number of rotatable bonds is 3. The number of amides is 1. The molecular weight excluding hydrogens is 208 g/mol. The van der Waals surface area contributed by atoms with Crippen LogP contribution in [0.4, 0.5) is 0 Å². The fourth-order valence-electron chi connectivity index (χ4n) is 1.83. The molecule has 1 atom stereocenters. The molecule has 5 nitrogen and oxygen atoms in total. The molecular formula is C11H20N2O3. The first-order chi connectivity index (χ1) is 7.40. The highest BCUT2D eigenvalue weighted by Gasteiger charge is 2.38. The van der Waals surface area contributed by atoms with Crippen LogP contribution in [0, 0.1) is 5.41 Å². The number of likely N-dealkylation sites (tertiary alicyclic amines) is 1. The van der Waals surface area contributed by atoms with Gasteiger partial charge in [-0.2, -0.15) is 0 Å². The summed E-state index contributed by atoms with van der Waals surface area (Å²) >= 11 is 0. The first-order valence-corrected chi connectivity index (χ1v) is 5.60. The Hall–Kier alpha value is -1.10. The molecule has 1 aliphatic rings. The monoisotopic (exact) mass is 228 g/mol. The van der Waals surface area contributed by atoms with E-state index in [-0.39, 0.29) is 11.9 Å². The molecule has 16 heavy (non-hydrogen) atoms. The fourth-order valence-corrected chi connectivity index (χ4v) is 1.83. The van der Waals surface area contributed by atoms with Gasteiger partial charge in [-0.15, -0.1) is 0 Å². The van der Waals surface area contributed by atoms with Crippen molar-refractivity contribution in [3.8, 4) is 0 Å².